The van der Waals surface area contributed by atoms with Crippen molar-refractivity contribution < 1.29 is 27.4 Å². The van der Waals surface area contributed by atoms with E-state index in [0.29, 0.717) is 6.61 Å². The minimum absolute atomic E-state index is 0.0886. The second kappa shape index (κ2) is 7.84. The number of hydrogen-bond donors (Lipinski definition) is 0. The number of carbonyl (C=O) groups excluding carboxylic acids is 1. The second-order valence-electron chi connectivity index (χ2n) is 4.02. The molecule has 1 rings (SSSR count). The molecule has 112 valence electrons. The number of carbonyl (C=O) groups is 1. The van der Waals surface area contributed by atoms with Crippen molar-refractivity contribution in [3.8, 4) is 0 Å². The van der Waals surface area contributed by atoms with E-state index >= 15 is 0 Å². The minimum Gasteiger partial charge on any atom is -0.460 e. The summed E-state index contributed by atoms with van der Waals surface area (Å²) in [5, 5.41) is 0. The predicted molar refractivity (Wildman–Crippen MR) is 65.2 cm³/mol. The summed E-state index contributed by atoms with van der Waals surface area (Å²) in [6.45, 7) is 2.61. The molecule has 0 aliphatic heterocycles. The van der Waals surface area contributed by atoms with E-state index in [1.165, 1.54) is 0 Å². The number of aromatic nitrogens is 1. The molecule has 0 unspecified atom stereocenters. The summed E-state index contributed by atoms with van der Waals surface area (Å²) >= 11 is 0. The highest BCUT2D eigenvalue weighted by atomic mass is 19.4. The van der Waals surface area contributed by atoms with Gasteiger partial charge in [0, 0.05) is 19.0 Å². The molecule has 7 heteroatoms. The van der Waals surface area contributed by atoms with Crippen molar-refractivity contribution >= 4 is 5.97 Å². The van der Waals surface area contributed by atoms with Gasteiger partial charge in [0.05, 0.1) is 17.7 Å². The van der Waals surface area contributed by atoms with Gasteiger partial charge in [-0.05, 0) is 12.5 Å². The van der Waals surface area contributed by atoms with Gasteiger partial charge < -0.3 is 9.47 Å². The van der Waals surface area contributed by atoms with Gasteiger partial charge in [0.25, 0.3) is 0 Å². The van der Waals surface area contributed by atoms with E-state index in [-0.39, 0.29) is 13.2 Å². The van der Waals surface area contributed by atoms with Gasteiger partial charge in [0.15, 0.2) is 0 Å². The Morgan fingerprint density at radius 2 is 2.05 bits per heavy atom. The molecular formula is C13H16F3NO3. The zero-order valence-corrected chi connectivity index (χ0v) is 11.1. The maximum Gasteiger partial charge on any atom is 0.417 e. The molecule has 0 atom stereocenters. The Bertz CT molecular complexity index is 435. The summed E-state index contributed by atoms with van der Waals surface area (Å²) in [7, 11) is 0. The molecule has 1 heterocycles. The third-order valence-electron chi connectivity index (χ3n) is 2.45. The molecule has 0 radical (unpaired) electrons. The summed E-state index contributed by atoms with van der Waals surface area (Å²) in [6.07, 6.45) is -0.926. The third-order valence-corrected chi connectivity index (χ3v) is 2.45. The smallest absolute Gasteiger partial charge is 0.417 e. The molecule has 20 heavy (non-hydrogen) atoms. The molecule has 0 aliphatic rings. The summed E-state index contributed by atoms with van der Waals surface area (Å²) in [5.74, 6) is -1.05. The van der Waals surface area contributed by atoms with Crippen molar-refractivity contribution in [3.63, 3.8) is 0 Å². The third kappa shape index (κ3) is 5.16. The largest absolute Gasteiger partial charge is 0.460 e. The highest BCUT2D eigenvalue weighted by Gasteiger charge is 2.35. The molecule has 0 saturated heterocycles. The molecule has 0 bridgehead atoms. The van der Waals surface area contributed by atoms with Crippen molar-refractivity contribution in [2.24, 2.45) is 0 Å². The van der Waals surface area contributed by atoms with Gasteiger partial charge in [-0.25, -0.2) is 4.79 Å². The maximum absolute atomic E-state index is 12.7. The summed E-state index contributed by atoms with van der Waals surface area (Å²) in [4.78, 5) is 15.1. The van der Waals surface area contributed by atoms with E-state index in [9.17, 15) is 18.0 Å². The molecular weight excluding hydrogens is 275 g/mol. The Morgan fingerprint density at radius 3 is 2.70 bits per heavy atom. The number of hydrogen-bond acceptors (Lipinski definition) is 4. The zero-order valence-electron chi connectivity index (χ0n) is 11.1. The maximum atomic E-state index is 12.7. The average molecular weight is 291 g/mol. The SMILES string of the molecule is CCCCOCCOC(=O)c1cnccc1C(F)(F)F. The van der Waals surface area contributed by atoms with E-state index in [1.54, 1.807) is 0 Å². The first-order valence-corrected chi connectivity index (χ1v) is 6.23. The monoisotopic (exact) mass is 291 g/mol. The Labute approximate surface area is 114 Å². The zero-order chi connectivity index (χ0) is 15.0. The van der Waals surface area contributed by atoms with Gasteiger partial charge in [-0.1, -0.05) is 13.3 Å². The van der Waals surface area contributed by atoms with Gasteiger partial charge in [0.2, 0.25) is 0 Å². The van der Waals surface area contributed by atoms with Crippen LogP contribution in [0.5, 0.6) is 0 Å². The summed E-state index contributed by atoms with van der Waals surface area (Å²) < 4.78 is 47.9. The molecule has 0 saturated carbocycles. The van der Waals surface area contributed by atoms with Gasteiger partial charge in [-0.2, -0.15) is 13.2 Å². The molecule has 1 aromatic rings. The Balaban J connectivity index is 2.52. The Kier molecular flexibility index (Phi) is 6.44. The van der Waals surface area contributed by atoms with Crippen LogP contribution in [0.15, 0.2) is 18.5 Å². The highest BCUT2D eigenvalue weighted by Crippen LogP contribution is 2.31. The lowest BCUT2D eigenvalue weighted by molar-refractivity contribution is -0.138. The fourth-order valence-electron chi connectivity index (χ4n) is 1.42. The van der Waals surface area contributed by atoms with Crippen LogP contribution in [0.4, 0.5) is 13.2 Å². The summed E-state index contributed by atoms with van der Waals surface area (Å²) in [5.41, 5.74) is -1.64. The number of pyridine rings is 1. The molecule has 0 amide bonds. The topological polar surface area (TPSA) is 48.4 Å². The molecule has 0 aliphatic carbocycles. The number of unbranched alkanes of at least 4 members (excludes halogenated alkanes) is 1. The highest BCUT2D eigenvalue weighted by molar-refractivity contribution is 5.90. The first-order valence-electron chi connectivity index (χ1n) is 6.23. The Hall–Kier alpha value is -1.63. The van der Waals surface area contributed by atoms with E-state index in [2.05, 4.69) is 4.98 Å². The van der Waals surface area contributed by atoms with Crippen LogP contribution in [-0.2, 0) is 15.7 Å². The van der Waals surface area contributed by atoms with Gasteiger partial charge >= 0.3 is 12.1 Å². The standard InChI is InChI=1S/C13H16F3NO3/c1-2-3-6-19-7-8-20-12(18)10-9-17-5-4-11(10)13(14,15)16/h4-5,9H,2-3,6-8H2,1H3. The van der Waals surface area contributed by atoms with E-state index in [4.69, 9.17) is 9.47 Å². The van der Waals surface area contributed by atoms with Crippen LogP contribution >= 0.6 is 0 Å². The molecule has 0 fully saturated rings. The molecule has 1 aromatic heterocycles. The lowest BCUT2D eigenvalue weighted by atomic mass is 10.1. The lowest BCUT2D eigenvalue weighted by Gasteiger charge is -2.11. The molecule has 0 spiro atoms. The van der Waals surface area contributed by atoms with Crippen molar-refractivity contribution in [2.75, 3.05) is 19.8 Å². The number of ether oxygens (including phenoxy) is 2. The minimum atomic E-state index is -4.62. The number of rotatable bonds is 7. The van der Waals surface area contributed by atoms with E-state index in [1.807, 2.05) is 6.92 Å². The number of esters is 1. The predicted octanol–water partition coefficient (Wildman–Crippen LogP) is 3.07. The van der Waals surface area contributed by atoms with E-state index < -0.39 is 23.3 Å². The van der Waals surface area contributed by atoms with Crippen LogP contribution in [-0.4, -0.2) is 30.8 Å². The average Bonchev–Trinajstić information content (AvgIpc) is 2.41. The van der Waals surface area contributed by atoms with E-state index in [0.717, 1.165) is 31.3 Å². The van der Waals surface area contributed by atoms with Crippen LogP contribution in [0.1, 0.15) is 35.7 Å². The van der Waals surface area contributed by atoms with Crippen LogP contribution in [0.2, 0.25) is 0 Å². The summed E-state index contributed by atoms with van der Waals surface area (Å²) in [6, 6.07) is 0.744. The lowest BCUT2D eigenvalue weighted by Crippen LogP contribution is -2.17. The number of nitrogens with zero attached hydrogens (tertiary/aromatic N) is 1. The molecule has 4 nitrogen and oxygen atoms in total. The van der Waals surface area contributed by atoms with Crippen LogP contribution in [0, 0.1) is 0 Å². The normalized spacial score (nSPS) is 11.4. The molecule has 0 N–H and O–H groups in total. The fraction of sp³-hybridized carbons (Fsp3) is 0.538. The first-order chi connectivity index (χ1) is 9.46. The van der Waals surface area contributed by atoms with Crippen molar-refractivity contribution in [3.05, 3.63) is 29.6 Å². The quantitative estimate of drug-likeness (QED) is 0.572. The van der Waals surface area contributed by atoms with Crippen molar-refractivity contribution in [1.82, 2.24) is 4.98 Å². The number of alkyl halides is 3. The fourth-order valence-corrected chi connectivity index (χ4v) is 1.42. The molecule has 0 aromatic carbocycles. The van der Waals surface area contributed by atoms with Gasteiger partial charge in [0.1, 0.15) is 6.61 Å². The van der Waals surface area contributed by atoms with Crippen molar-refractivity contribution in [2.45, 2.75) is 25.9 Å². The number of halogens is 3. The van der Waals surface area contributed by atoms with Crippen LogP contribution < -0.4 is 0 Å². The Morgan fingerprint density at radius 1 is 1.30 bits per heavy atom. The van der Waals surface area contributed by atoms with Crippen LogP contribution in [0.25, 0.3) is 0 Å². The van der Waals surface area contributed by atoms with Gasteiger partial charge in [-0.3, -0.25) is 4.98 Å². The first kappa shape index (κ1) is 16.4. The second-order valence-corrected chi connectivity index (χ2v) is 4.02. The van der Waals surface area contributed by atoms with Gasteiger partial charge in [-0.15, -0.1) is 0 Å². The van der Waals surface area contributed by atoms with Crippen LogP contribution in [0.3, 0.4) is 0 Å². The van der Waals surface area contributed by atoms with Crippen molar-refractivity contribution in [1.29, 1.82) is 0 Å².